The Hall–Kier alpha value is -1.30. The van der Waals surface area contributed by atoms with Crippen molar-refractivity contribution < 1.29 is 13.2 Å². The Labute approximate surface area is 129 Å². The van der Waals surface area contributed by atoms with E-state index in [-0.39, 0.29) is 25.2 Å². The summed E-state index contributed by atoms with van der Waals surface area (Å²) >= 11 is 3.44. The Bertz CT molecular complexity index is 675. The maximum absolute atomic E-state index is 13.5. The van der Waals surface area contributed by atoms with Gasteiger partial charge < -0.3 is 4.90 Å². The number of fused-ring (bicyclic) bond motifs is 1. The van der Waals surface area contributed by atoms with Gasteiger partial charge in [0.1, 0.15) is 11.6 Å². The summed E-state index contributed by atoms with van der Waals surface area (Å²) in [5, 5.41) is 0.812. The zero-order chi connectivity index (χ0) is 15.0. The molecule has 0 unspecified atom stereocenters. The van der Waals surface area contributed by atoms with E-state index < -0.39 is 5.92 Å². The maximum Gasteiger partial charge on any atom is 0.249 e. The second kappa shape index (κ2) is 5.48. The molecule has 1 fully saturated rings. The lowest BCUT2D eigenvalue weighted by molar-refractivity contribution is -0.0102. The molecule has 0 aliphatic carbocycles. The Kier molecular flexibility index (Phi) is 3.82. The van der Waals surface area contributed by atoms with E-state index in [1.54, 1.807) is 6.07 Å². The monoisotopic (exact) mass is 358 g/mol. The predicted octanol–water partition coefficient (Wildman–Crippen LogP) is 4.76. The molecule has 0 atom stereocenters. The second-order valence-electron chi connectivity index (χ2n) is 5.33. The molecular weight excluding hydrogens is 345 g/mol. The van der Waals surface area contributed by atoms with Crippen LogP contribution in [-0.2, 0) is 0 Å². The molecule has 6 heteroatoms. The van der Waals surface area contributed by atoms with Gasteiger partial charge in [0, 0.05) is 37.4 Å². The third kappa shape index (κ3) is 3.15. The third-order valence-electron chi connectivity index (χ3n) is 3.73. The second-order valence-corrected chi connectivity index (χ2v) is 6.18. The van der Waals surface area contributed by atoms with Gasteiger partial charge in [0.25, 0.3) is 0 Å². The first-order valence-electron chi connectivity index (χ1n) is 6.83. The molecule has 1 aliphatic heterocycles. The van der Waals surface area contributed by atoms with Gasteiger partial charge in [-0.2, -0.15) is 0 Å². The quantitative estimate of drug-likeness (QED) is 0.730. The molecular formula is C15H14BrF3N2. The fourth-order valence-corrected chi connectivity index (χ4v) is 3.19. The van der Waals surface area contributed by atoms with Crippen molar-refractivity contribution in [3.05, 3.63) is 34.6 Å². The lowest BCUT2D eigenvalue weighted by Gasteiger charge is -2.23. The predicted molar refractivity (Wildman–Crippen MR) is 80.4 cm³/mol. The first-order chi connectivity index (χ1) is 9.94. The Morgan fingerprint density at radius 2 is 1.95 bits per heavy atom. The summed E-state index contributed by atoms with van der Waals surface area (Å²) in [6, 6.07) is 6.24. The van der Waals surface area contributed by atoms with E-state index in [4.69, 9.17) is 0 Å². The van der Waals surface area contributed by atoms with Crippen molar-refractivity contribution >= 4 is 32.7 Å². The van der Waals surface area contributed by atoms with E-state index in [0.717, 1.165) is 9.86 Å². The van der Waals surface area contributed by atoms with Gasteiger partial charge in [0.05, 0.1) is 9.99 Å². The van der Waals surface area contributed by atoms with Crippen LogP contribution in [0.3, 0.4) is 0 Å². The number of alkyl halides is 2. The highest BCUT2D eigenvalue weighted by atomic mass is 79.9. The summed E-state index contributed by atoms with van der Waals surface area (Å²) < 4.78 is 41.0. The Morgan fingerprint density at radius 1 is 1.14 bits per heavy atom. The van der Waals surface area contributed by atoms with Crippen molar-refractivity contribution in [1.29, 1.82) is 0 Å². The number of aromatic nitrogens is 1. The third-order valence-corrected chi connectivity index (χ3v) is 4.32. The highest BCUT2D eigenvalue weighted by Crippen LogP contribution is 2.33. The van der Waals surface area contributed by atoms with Gasteiger partial charge >= 0.3 is 0 Å². The average Bonchev–Trinajstić information content (AvgIpc) is 2.59. The van der Waals surface area contributed by atoms with E-state index in [1.165, 1.54) is 12.1 Å². The molecule has 2 nitrogen and oxygen atoms in total. The number of benzene rings is 1. The van der Waals surface area contributed by atoms with Crippen LogP contribution < -0.4 is 4.90 Å². The molecule has 112 valence electrons. The van der Waals surface area contributed by atoms with Crippen LogP contribution in [0, 0.1) is 5.82 Å². The fourth-order valence-electron chi connectivity index (χ4n) is 2.60. The van der Waals surface area contributed by atoms with E-state index in [1.807, 2.05) is 11.0 Å². The molecule has 0 bridgehead atoms. The van der Waals surface area contributed by atoms with Gasteiger partial charge in [-0.3, -0.25) is 0 Å². The number of halogens is 4. The minimum Gasteiger partial charge on any atom is -0.355 e. The van der Waals surface area contributed by atoms with E-state index in [2.05, 4.69) is 20.9 Å². The molecule has 1 aliphatic rings. The van der Waals surface area contributed by atoms with Crippen LogP contribution in [0.1, 0.15) is 19.3 Å². The minimum atomic E-state index is -2.61. The zero-order valence-corrected chi connectivity index (χ0v) is 12.8. The number of rotatable bonds is 1. The summed E-state index contributed by atoms with van der Waals surface area (Å²) in [5.41, 5.74) is 0.532. The van der Waals surface area contributed by atoms with Crippen LogP contribution in [0.25, 0.3) is 10.9 Å². The molecule has 2 heterocycles. The van der Waals surface area contributed by atoms with Gasteiger partial charge in [-0.15, -0.1) is 0 Å². The number of hydrogen-bond acceptors (Lipinski definition) is 2. The first-order valence-corrected chi connectivity index (χ1v) is 7.62. The average molecular weight is 359 g/mol. The highest BCUT2D eigenvalue weighted by Gasteiger charge is 2.32. The number of nitrogens with zero attached hydrogens (tertiary/aromatic N) is 2. The molecule has 2 aromatic rings. The molecule has 1 saturated heterocycles. The van der Waals surface area contributed by atoms with Crippen LogP contribution in [0.4, 0.5) is 19.0 Å². The molecule has 3 rings (SSSR count). The lowest BCUT2D eigenvalue weighted by Crippen LogP contribution is -2.27. The topological polar surface area (TPSA) is 16.1 Å². The van der Waals surface area contributed by atoms with Gasteiger partial charge in [0.15, 0.2) is 0 Å². The number of pyridine rings is 1. The van der Waals surface area contributed by atoms with Crippen LogP contribution in [0.15, 0.2) is 28.7 Å². The molecule has 0 radical (unpaired) electrons. The number of hydrogen-bond donors (Lipinski definition) is 0. The molecule has 0 spiro atoms. The fraction of sp³-hybridized carbons (Fsp3) is 0.400. The van der Waals surface area contributed by atoms with Crippen LogP contribution in [-0.4, -0.2) is 24.0 Å². The highest BCUT2D eigenvalue weighted by molar-refractivity contribution is 9.10. The Morgan fingerprint density at radius 3 is 2.76 bits per heavy atom. The normalized spacial score (nSPS) is 18.8. The maximum atomic E-state index is 13.5. The summed E-state index contributed by atoms with van der Waals surface area (Å²) in [6.07, 6.45) is 0.147. The van der Waals surface area contributed by atoms with Gasteiger partial charge in [-0.05, 0) is 40.5 Å². The molecule has 0 N–H and O–H groups in total. The Balaban J connectivity index is 1.97. The molecule has 21 heavy (non-hydrogen) atoms. The van der Waals surface area contributed by atoms with E-state index >= 15 is 0 Å². The minimum absolute atomic E-state index is 0.0939. The standard InChI is InChI=1S/C15H14BrF3N2/c16-12-8-10-2-3-11(17)9-13(10)20-14(12)21-6-1-4-15(18,19)5-7-21/h2-3,8-9H,1,4-7H2. The summed E-state index contributed by atoms with van der Waals surface area (Å²) in [6.45, 7) is 0.779. The summed E-state index contributed by atoms with van der Waals surface area (Å²) in [7, 11) is 0. The zero-order valence-electron chi connectivity index (χ0n) is 11.3. The van der Waals surface area contributed by atoms with Gasteiger partial charge in [-0.25, -0.2) is 18.2 Å². The summed E-state index contributed by atoms with van der Waals surface area (Å²) in [4.78, 5) is 6.29. The van der Waals surface area contributed by atoms with Crippen LogP contribution >= 0.6 is 15.9 Å². The molecule has 1 aromatic carbocycles. The lowest BCUT2D eigenvalue weighted by atomic mass is 10.1. The van der Waals surface area contributed by atoms with Gasteiger partial charge in [-0.1, -0.05) is 0 Å². The molecule has 0 amide bonds. The van der Waals surface area contributed by atoms with Crippen LogP contribution in [0.2, 0.25) is 0 Å². The van der Waals surface area contributed by atoms with Crippen molar-refractivity contribution in [2.75, 3.05) is 18.0 Å². The summed E-state index contributed by atoms with van der Waals surface area (Å²) in [5.74, 6) is -2.36. The van der Waals surface area contributed by atoms with E-state index in [0.29, 0.717) is 24.3 Å². The number of anilines is 1. The van der Waals surface area contributed by atoms with Crippen molar-refractivity contribution in [3.63, 3.8) is 0 Å². The van der Waals surface area contributed by atoms with Crippen molar-refractivity contribution in [2.24, 2.45) is 0 Å². The first kappa shape index (κ1) is 14.6. The van der Waals surface area contributed by atoms with Crippen molar-refractivity contribution in [1.82, 2.24) is 4.98 Å². The molecule has 0 saturated carbocycles. The van der Waals surface area contributed by atoms with Crippen LogP contribution in [0.5, 0.6) is 0 Å². The van der Waals surface area contributed by atoms with E-state index in [9.17, 15) is 13.2 Å². The largest absolute Gasteiger partial charge is 0.355 e. The smallest absolute Gasteiger partial charge is 0.249 e. The SMILES string of the molecule is Fc1ccc2cc(Br)c(N3CCCC(F)(F)CC3)nc2c1. The molecule has 1 aromatic heterocycles. The van der Waals surface area contributed by atoms with Crippen molar-refractivity contribution in [2.45, 2.75) is 25.2 Å². The van der Waals surface area contributed by atoms with Gasteiger partial charge in [0.2, 0.25) is 5.92 Å². The van der Waals surface area contributed by atoms with Crippen molar-refractivity contribution in [3.8, 4) is 0 Å².